The molecule has 2 aromatic rings. The third-order valence-electron chi connectivity index (χ3n) is 9.20. The van der Waals surface area contributed by atoms with E-state index >= 15 is 0 Å². The summed E-state index contributed by atoms with van der Waals surface area (Å²) in [4.78, 5) is 15.6. The number of primary amides is 1. The molecule has 0 aromatic heterocycles. The minimum atomic E-state index is -2.74. The SMILES string of the molecule is CC(C)(C)[Si](C)(C)N=S(=O)(c1cccc(-c2cccc(C(N)=O)c2N2CCC3(CC2)CC3)c1)N1CCC1. The standard InChI is InChI=1S/C29H42N4O2SSi/c1-28(2,3)37(4,5)31-36(35,33-17-8-18-33)23-10-6-9-22(21-23)24-11-7-12-25(27(30)34)26(24)32-19-15-29(13-14-29)16-20-32/h6-7,9-12,21H,8,13-20H2,1-5H3,(H2,30,34). The average Bonchev–Trinajstić information content (AvgIpc) is 3.55. The summed E-state index contributed by atoms with van der Waals surface area (Å²) in [5.74, 6) is -0.406. The highest BCUT2D eigenvalue weighted by molar-refractivity contribution is 7.92. The Balaban J connectivity index is 1.62. The van der Waals surface area contributed by atoms with Crippen molar-refractivity contribution in [2.45, 2.75) is 75.9 Å². The van der Waals surface area contributed by atoms with Gasteiger partial charge >= 0.3 is 0 Å². The largest absolute Gasteiger partial charge is 0.370 e. The number of nitrogens with two attached hydrogens (primary N) is 1. The summed E-state index contributed by atoms with van der Waals surface area (Å²) in [6.07, 6.45) is 6.03. The molecule has 2 saturated heterocycles. The van der Waals surface area contributed by atoms with Crippen LogP contribution in [-0.4, -0.2) is 48.8 Å². The van der Waals surface area contributed by atoms with Crippen LogP contribution in [0.1, 0.15) is 63.2 Å². The molecular formula is C29H42N4O2SSi. The van der Waals surface area contributed by atoms with Crippen LogP contribution in [0.4, 0.5) is 5.69 Å². The predicted octanol–water partition coefficient (Wildman–Crippen LogP) is 6.29. The molecule has 3 fully saturated rings. The lowest BCUT2D eigenvalue weighted by Gasteiger charge is -2.39. The van der Waals surface area contributed by atoms with Crippen molar-refractivity contribution >= 4 is 29.7 Å². The van der Waals surface area contributed by atoms with Gasteiger partial charge in [-0.3, -0.25) is 8.82 Å². The minimum Gasteiger partial charge on any atom is -0.370 e. The monoisotopic (exact) mass is 538 g/mol. The molecule has 0 bridgehead atoms. The van der Waals surface area contributed by atoms with E-state index in [9.17, 15) is 9.00 Å². The van der Waals surface area contributed by atoms with E-state index in [-0.39, 0.29) is 5.04 Å². The maximum absolute atomic E-state index is 14.8. The number of nitrogens with zero attached hydrogens (tertiary/aromatic N) is 3. The van der Waals surface area contributed by atoms with Crippen LogP contribution in [0.3, 0.4) is 0 Å². The zero-order chi connectivity index (χ0) is 26.6. The van der Waals surface area contributed by atoms with Gasteiger partial charge in [-0.2, -0.15) is 0 Å². The molecule has 8 heteroatoms. The van der Waals surface area contributed by atoms with Crippen molar-refractivity contribution < 1.29 is 9.00 Å². The van der Waals surface area contributed by atoms with Crippen molar-refractivity contribution in [2.75, 3.05) is 31.1 Å². The van der Waals surface area contributed by atoms with E-state index in [4.69, 9.17) is 9.76 Å². The molecule has 1 aliphatic carbocycles. The number of piperidine rings is 1. The number of amides is 1. The van der Waals surface area contributed by atoms with Crippen molar-refractivity contribution in [3.8, 4) is 11.1 Å². The fourth-order valence-electron chi connectivity index (χ4n) is 5.27. The fourth-order valence-corrected chi connectivity index (χ4v) is 11.3. The van der Waals surface area contributed by atoms with Gasteiger partial charge in [0.05, 0.1) is 16.1 Å². The fraction of sp³-hybridized carbons (Fsp3) is 0.552. The summed E-state index contributed by atoms with van der Waals surface area (Å²) < 4.78 is 22.1. The first kappa shape index (κ1) is 26.4. The molecule has 1 atom stereocenters. The molecule has 0 radical (unpaired) electrons. The lowest BCUT2D eigenvalue weighted by atomic mass is 9.91. The summed E-state index contributed by atoms with van der Waals surface area (Å²) in [6.45, 7) is 14.5. The molecule has 3 aliphatic rings. The van der Waals surface area contributed by atoms with Crippen molar-refractivity contribution in [3.63, 3.8) is 0 Å². The lowest BCUT2D eigenvalue weighted by Crippen LogP contribution is -2.45. The first-order valence-electron chi connectivity index (χ1n) is 13.7. The van der Waals surface area contributed by atoms with Gasteiger partial charge in [0.15, 0.2) is 8.24 Å². The Hall–Kier alpha value is -2.16. The molecule has 200 valence electrons. The van der Waals surface area contributed by atoms with E-state index in [0.29, 0.717) is 11.0 Å². The van der Waals surface area contributed by atoms with E-state index in [1.165, 1.54) is 12.8 Å². The number of para-hydroxylation sites is 1. The molecule has 1 spiro atoms. The molecule has 5 rings (SSSR count). The summed E-state index contributed by atoms with van der Waals surface area (Å²) >= 11 is 0. The smallest absolute Gasteiger partial charge is 0.250 e. The first-order valence-corrected chi connectivity index (χ1v) is 18.1. The Morgan fingerprint density at radius 3 is 2.19 bits per heavy atom. The van der Waals surface area contributed by atoms with Gasteiger partial charge in [0.25, 0.3) is 5.91 Å². The molecule has 37 heavy (non-hydrogen) atoms. The van der Waals surface area contributed by atoms with Crippen molar-refractivity contribution in [1.82, 2.24) is 4.31 Å². The van der Waals surface area contributed by atoms with Crippen LogP contribution in [-0.2, 0) is 9.92 Å². The van der Waals surface area contributed by atoms with Gasteiger partial charge in [0.1, 0.15) is 9.92 Å². The Kier molecular flexibility index (Phi) is 6.60. The number of benzene rings is 2. The van der Waals surface area contributed by atoms with E-state index in [0.717, 1.165) is 67.2 Å². The maximum atomic E-state index is 14.8. The Morgan fingerprint density at radius 2 is 1.65 bits per heavy atom. The summed E-state index contributed by atoms with van der Waals surface area (Å²) in [5.41, 5.74) is 9.82. The highest BCUT2D eigenvalue weighted by Crippen LogP contribution is 2.54. The number of rotatable bonds is 6. The molecule has 2 heterocycles. The van der Waals surface area contributed by atoms with Gasteiger partial charge in [0, 0.05) is 31.7 Å². The third-order valence-corrected chi connectivity index (χ3v) is 17.6. The van der Waals surface area contributed by atoms with Crippen molar-refractivity contribution in [1.29, 1.82) is 0 Å². The quantitative estimate of drug-likeness (QED) is 0.439. The van der Waals surface area contributed by atoms with Crippen LogP contribution in [0.5, 0.6) is 0 Å². The average molecular weight is 539 g/mol. The second-order valence-corrected chi connectivity index (χ2v) is 20.1. The molecular weight excluding hydrogens is 496 g/mol. The van der Waals surface area contributed by atoms with Crippen LogP contribution in [0.25, 0.3) is 11.1 Å². The minimum absolute atomic E-state index is 0.00565. The Labute approximate surface area is 224 Å². The topological polar surface area (TPSA) is 79.0 Å². The van der Waals surface area contributed by atoms with Gasteiger partial charge in [-0.1, -0.05) is 45.0 Å². The molecule has 1 amide bonds. The zero-order valence-corrected chi connectivity index (χ0v) is 24.9. The second-order valence-electron chi connectivity index (χ2n) is 12.8. The number of carbonyl (C=O) groups is 1. The van der Waals surface area contributed by atoms with E-state index in [2.05, 4.69) is 55.2 Å². The highest BCUT2D eigenvalue weighted by Gasteiger charge is 2.45. The number of anilines is 1. The molecule has 6 nitrogen and oxygen atoms in total. The van der Waals surface area contributed by atoms with Crippen LogP contribution < -0.4 is 10.6 Å². The van der Waals surface area contributed by atoms with Crippen molar-refractivity contribution in [2.24, 2.45) is 15.2 Å². The van der Waals surface area contributed by atoms with Gasteiger partial charge in [-0.05, 0) is 79.4 Å². The second kappa shape index (κ2) is 9.24. The number of carbonyl (C=O) groups excluding carboxylic acids is 1. The molecule has 2 aliphatic heterocycles. The van der Waals surface area contributed by atoms with E-state index in [1.54, 1.807) is 0 Å². The van der Waals surface area contributed by atoms with Gasteiger partial charge in [-0.25, -0.2) is 8.51 Å². The van der Waals surface area contributed by atoms with Crippen molar-refractivity contribution in [3.05, 3.63) is 48.0 Å². The number of hydrogen-bond acceptors (Lipinski definition) is 4. The lowest BCUT2D eigenvalue weighted by molar-refractivity contribution is 0.100. The molecule has 2 N–H and O–H groups in total. The van der Waals surface area contributed by atoms with Crippen LogP contribution in [0.2, 0.25) is 18.1 Å². The highest BCUT2D eigenvalue weighted by atomic mass is 32.2. The third kappa shape index (κ3) is 4.88. The van der Waals surface area contributed by atoms with Gasteiger partial charge in [-0.15, -0.1) is 0 Å². The summed E-state index contributed by atoms with van der Waals surface area (Å²) in [7, 11) is -4.93. The maximum Gasteiger partial charge on any atom is 0.250 e. The molecule has 1 saturated carbocycles. The Morgan fingerprint density at radius 1 is 1.00 bits per heavy atom. The predicted molar refractivity (Wildman–Crippen MR) is 156 cm³/mol. The summed E-state index contributed by atoms with van der Waals surface area (Å²) in [5, 5.41) is -0.00565. The Bertz CT molecular complexity index is 1320. The molecule has 1 unspecified atom stereocenters. The summed E-state index contributed by atoms with van der Waals surface area (Å²) in [6, 6.07) is 13.9. The number of hydrogen-bond donors (Lipinski definition) is 1. The van der Waals surface area contributed by atoms with Crippen LogP contribution >= 0.6 is 0 Å². The van der Waals surface area contributed by atoms with Gasteiger partial charge in [0.2, 0.25) is 0 Å². The normalized spacial score (nSPS) is 21.3. The first-order chi connectivity index (χ1) is 17.4. The van der Waals surface area contributed by atoms with Crippen LogP contribution in [0, 0.1) is 5.41 Å². The molecule has 2 aromatic carbocycles. The van der Waals surface area contributed by atoms with Crippen LogP contribution in [0.15, 0.2) is 51.4 Å². The van der Waals surface area contributed by atoms with E-state index in [1.807, 2.05) is 30.3 Å². The van der Waals surface area contributed by atoms with E-state index < -0.39 is 24.1 Å². The van der Waals surface area contributed by atoms with Gasteiger partial charge < -0.3 is 10.6 Å². The zero-order valence-electron chi connectivity index (χ0n) is 23.0.